The van der Waals surface area contributed by atoms with Crippen molar-refractivity contribution >= 4 is 21.9 Å². The summed E-state index contributed by atoms with van der Waals surface area (Å²) < 4.78 is 4.47. The minimum absolute atomic E-state index is 0.0723. The zero-order chi connectivity index (χ0) is 5.28. The molecule has 0 amide bonds. The van der Waals surface area contributed by atoms with Gasteiger partial charge in [0.25, 0.3) is 0 Å². The van der Waals surface area contributed by atoms with E-state index in [2.05, 4.69) is 20.7 Å². The van der Waals surface area contributed by atoms with Gasteiger partial charge in [0.1, 0.15) is 12.5 Å². The monoisotopic (exact) mass is 164 g/mol. The van der Waals surface area contributed by atoms with E-state index >= 15 is 0 Å². The molecule has 1 saturated heterocycles. The minimum atomic E-state index is -0.0723. The lowest BCUT2D eigenvalue weighted by Crippen LogP contribution is -2.35. The van der Waals surface area contributed by atoms with Gasteiger partial charge in [-0.15, -0.1) is 0 Å². The number of esters is 1. The largest absolute Gasteiger partial charge is 0.464 e. The highest BCUT2D eigenvalue weighted by Crippen LogP contribution is 2.13. The van der Waals surface area contributed by atoms with Crippen molar-refractivity contribution in [3.05, 3.63) is 0 Å². The smallest absolute Gasteiger partial charge is 0.313 e. The van der Waals surface area contributed by atoms with Gasteiger partial charge in [-0.2, -0.15) is 0 Å². The molecule has 0 aromatic rings. The maximum atomic E-state index is 10.2. The number of alkyl halides is 1. The lowest BCUT2D eigenvalue weighted by molar-refractivity contribution is -0.166. The van der Waals surface area contributed by atoms with Gasteiger partial charge in [0.05, 0.1) is 0 Å². The van der Waals surface area contributed by atoms with E-state index in [1.54, 1.807) is 0 Å². The molecule has 0 bridgehead atoms. The molecule has 1 rings (SSSR count). The summed E-state index contributed by atoms with van der Waals surface area (Å²) in [7, 11) is 0. The van der Waals surface area contributed by atoms with Crippen molar-refractivity contribution in [1.29, 1.82) is 0 Å². The second kappa shape index (κ2) is 1.82. The Hall–Kier alpha value is -0.0500. The lowest BCUT2D eigenvalue weighted by atomic mass is 10.1. The van der Waals surface area contributed by atoms with Crippen LogP contribution in [0.15, 0.2) is 0 Å². The minimum Gasteiger partial charge on any atom is -0.464 e. The molecule has 2 nitrogen and oxygen atoms in total. The van der Waals surface area contributed by atoms with Crippen molar-refractivity contribution in [3.63, 3.8) is 0 Å². The summed E-state index contributed by atoms with van der Waals surface area (Å²) in [5.74, 6) is 0.0666. The number of halogens is 1. The highest BCUT2D eigenvalue weighted by Gasteiger charge is 2.28. The Kier molecular flexibility index (Phi) is 1.32. The number of hydrogen-bond acceptors (Lipinski definition) is 2. The molecular weight excluding hydrogens is 160 g/mol. The predicted octanol–water partition coefficient (Wildman–Crippen LogP) is 0.554. The average Bonchev–Trinajstić information content (AvgIpc) is 1.65. The van der Waals surface area contributed by atoms with E-state index in [1.165, 1.54) is 0 Å². The number of hydrogen-bond donors (Lipinski definition) is 0. The Bertz CT molecular complexity index is 89.7. The van der Waals surface area contributed by atoms with Crippen molar-refractivity contribution in [2.24, 2.45) is 5.92 Å². The van der Waals surface area contributed by atoms with Crippen molar-refractivity contribution < 1.29 is 9.53 Å². The van der Waals surface area contributed by atoms with Gasteiger partial charge in [-0.3, -0.25) is 4.79 Å². The van der Waals surface area contributed by atoms with E-state index in [-0.39, 0.29) is 11.9 Å². The molecule has 0 radical (unpaired) electrons. The molecule has 0 aliphatic carbocycles. The number of rotatable bonds is 1. The zero-order valence-electron chi connectivity index (χ0n) is 3.69. The van der Waals surface area contributed by atoms with Crippen LogP contribution in [0.25, 0.3) is 0 Å². The number of cyclic esters (lactones) is 1. The summed E-state index contributed by atoms with van der Waals surface area (Å²) in [4.78, 5) is 10.2. The second-order valence-electron chi connectivity index (χ2n) is 1.48. The first-order chi connectivity index (χ1) is 3.34. The van der Waals surface area contributed by atoms with Gasteiger partial charge >= 0.3 is 5.97 Å². The molecule has 1 aliphatic heterocycles. The fourth-order valence-corrected chi connectivity index (χ4v) is 0.828. The van der Waals surface area contributed by atoms with E-state index in [0.717, 1.165) is 5.33 Å². The third-order valence-electron chi connectivity index (χ3n) is 0.946. The Balaban J connectivity index is 2.29. The van der Waals surface area contributed by atoms with Gasteiger partial charge in [0.15, 0.2) is 0 Å². The van der Waals surface area contributed by atoms with Crippen LogP contribution in [0.3, 0.4) is 0 Å². The summed E-state index contributed by atoms with van der Waals surface area (Å²) in [5.41, 5.74) is 0. The van der Waals surface area contributed by atoms with Gasteiger partial charge in [0.2, 0.25) is 0 Å². The van der Waals surface area contributed by atoms with Crippen molar-refractivity contribution in [1.82, 2.24) is 0 Å². The molecule has 3 heteroatoms. The predicted molar refractivity (Wildman–Crippen MR) is 28.2 cm³/mol. The zero-order valence-corrected chi connectivity index (χ0v) is 5.27. The SMILES string of the molecule is O=C1OCC1CBr. The molecule has 40 valence electrons. The van der Waals surface area contributed by atoms with Crippen LogP contribution in [-0.2, 0) is 9.53 Å². The third-order valence-corrected chi connectivity index (χ3v) is 1.73. The Morgan fingerprint density at radius 1 is 2.00 bits per heavy atom. The number of ether oxygens (including phenoxy) is 1. The first-order valence-electron chi connectivity index (χ1n) is 2.07. The molecule has 0 spiro atoms. The topological polar surface area (TPSA) is 26.3 Å². The molecule has 0 saturated carbocycles. The standard InChI is InChI=1S/C4H5BrO2/c5-1-3-2-7-4(3)6/h3H,1-2H2. The van der Waals surface area contributed by atoms with Gasteiger partial charge in [-0.1, -0.05) is 15.9 Å². The van der Waals surface area contributed by atoms with Crippen LogP contribution in [-0.4, -0.2) is 17.9 Å². The van der Waals surface area contributed by atoms with Gasteiger partial charge in [-0.25, -0.2) is 0 Å². The van der Waals surface area contributed by atoms with Crippen LogP contribution in [0.4, 0.5) is 0 Å². The van der Waals surface area contributed by atoms with E-state index in [0.29, 0.717) is 6.61 Å². The molecule has 0 N–H and O–H groups in total. The molecule has 0 aromatic carbocycles. The molecular formula is C4H5BrO2. The van der Waals surface area contributed by atoms with Gasteiger partial charge in [0, 0.05) is 5.33 Å². The molecule has 1 aliphatic rings. The molecule has 1 heterocycles. The summed E-state index contributed by atoms with van der Waals surface area (Å²) in [5, 5.41) is 0.742. The Morgan fingerprint density at radius 3 is 2.71 bits per heavy atom. The molecule has 1 atom stereocenters. The fraction of sp³-hybridized carbons (Fsp3) is 0.750. The Labute approximate surface area is 50.0 Å². The van der Waals surface area contributed by atoms with E-state index in [1.807, 2.05) is 0 Å². The normalized spacial score (nSPS) is 28.7. The van der Waals surface area contributed by atoms with Gasteiger partial charge in [-0.05, 0) is 0 Å². The first-order valence-corrected chi connectivity index (χ1v) is 3.19. The van der Waals surface area contributed by atoms with Crippen LogP contribution in [0, 0.1) is 5.92 Å². The van der Waals surface area contributed by atoms with Crippen molar-refractivity contribution in [3.8, 4) is 0 Å². The van der Waals surface area contributed by atoms with Crippen LogP contribution in [0.2, 0.25) is 0 Å². The summed E-state index contributed by atoms with van der Waals surface area (Å²) >= 11 is 3.17. The molecule has 7 heavy (non-hydrogen) atoms. The van der Waals surface area contributed by atoms with Crippen molar-refractivity contribution in [2.75, 3.05) is 11.9 Å². The van der Waals surface area contributed by atoms with Crippen LogP contribution >= 0.6 is 15.9 Å². The highest BCUT2D eigenvalue weighted by molar-refractivity contribution is 9.09. The maximum Gasteiger partial charge on any atom is 0.313 e. The quantitative estimate of drug-likeness (QED) is 0.419. The first kappa shape index (κ1) is 5.09. The summed E-state index contributed by atoms with van der Waals surface area (Å²) in [6.07, 6.45) is 0. The molecule has 0 aromatic heterocycles. The van der Waals surface area contributed by atoms with E-state index in [9.17, 15) is 4.79 Å². The number of carbonyl (C=O) groups excluding carboxylic acids is 1. The van der Waals surface area contributed by atoms with Crippen LogP contribution in [0.5, 0.6) is 0 Å². The van der Waals surface area contributed by atoms with E-state index < -0.39 is 0 Å². The molecule has 1 unspecified atom stereocenters. The van der Waals surface area contributed by atoms with Crippen LogP contribution in [0.1, 0.15) is 0 Å². The van der Waals surface area contributed by atoms with Crippen LogP contribution < -0.4 is 0 Å². The number of carbonyl (C=O) groups is 1. The Morgan fingerprint density at radius 2 is 2.71 bits per heavy atom. The van der Waals surface area contributed by atoms with Crippen molar-refractivity contribution in [2.45, 2.75) is 0 Å². The maximum absolute atomic E-state index is 10.2. The third kappa shape index (κ3) is 0.774. The summed E-state index contributed by atoms with van der Waals surface area (Å²) in [6, 6.07) is 0. The fourth-order valence-electron chi connectivity index (χ4n) is 0.377. The van der Waals surface area contributed by atoms with Gasteiger partial charge < -0.3 is 4.74 Å². The average molecular weight is 165 g/mol. The summed E-state index contributed by atoms with van der Waals surface area (Å²) in [6.45, 7) is 0.601. The highest BCUT2D eigenvalue weighted by atomic mass is 79.9. The second-order valence-corrected chi connectivity index (χ2v) is 2.13. The van der Waals surface area contributed by atoms with E-state index in [4.69, 9.17) is 0 Å². The molecule has 1 fully saturated rings. The lowest BCUT2D eigenvalue weighted by Gasteiger charge is -2.21.